The minimum absolute atomic E-state index is 0.541. The molecule has 3 nitrogen and oxygen atoms in total. The van der Waals surface area contributed by atoms with E-state index in [2.05, 4.69) is 60.9 Å². The second-order valence-corrected chi connectivity index (χ2v) is 5.82. The van der Waals surface area contributed by atoms with Crippen LogP contribution in [0.2, 0.25) is 0 Å². The van der Waals surface area contributed by atoms with Gasteiger partial charge in [0.15, 0.2) is 0 Å². The summed E-state index contributed by atoms with van der Waals surface area (Å²) >= 11 is 0. The van der Waals surface area contributed by atoms with Crippen LogP contribution >= 0.6 is 0 Å². The highest BCUT2D eigenvalue weighted by molar-refractivity contribution is 5.48. The van der Waals surface area contributed by atoms with E-state index < -0.39 is 0 Å². The Kier molecular flexibility index (Phi) is 6.78. The standard InChI is InChI=1S/C19H26N2O/c1-16(2)15-22-19-10-6-9-18(13-19)21-12-11-20-14-17-7-4-3-5-8-17/h3-10,13,16,20-21H,11-12,14-15H2,1-2H3. The van der Waals surface area contributed by atoms with Gasteiger partial charge in [0.2, 0.25) is 0 Å². The molecule has 0 spiro atoms. The predicted molar refractivity (Wildman–Crippen MR) is 93.4 cm³/mol. The summed E-state index contributed by atoms with van der Waals surface area (Å²) in [6.07, 6.45) is 0. The summed E-state index contributed by atoms with van der Waals surface area (Å²) < 4.78 is 5.74. The first-order valence-electron chi connectivity index (χ1n) is 7.95. The van der Waals surface area contributed by atoms with E-state index in [-0.39, 0.29) is 0 Å². The van der Waals surface area contributed by atoms with E-state index in [4.69, 9.17) is 4.74 Å². The van der Waals surface area contributed by atoms with Crippen molar-refractivity contribution in [1.82, 2.24) is 5.32 Å². The number of nitrogens with one attached hydrogen (secondary N) is 2. The van der Waals surface area contributed by atoms with Gasteiger partial charge in [-0.15, -0.1) is 0 Å². The van der Waals surface area contributed by atoms with Crippen LogP contribution in [0.5, 0.6) is 5.75 Å². The Morgan fingerprint density at radius 1 is 0.955 bits per heavy atom. The lowest BCUT2D eigenvalue weighted by Gasteiger charge is -2.11. The lowest BCUT2D eigenvalue weighted by Crippen LogP contribution is -2.21. The Bertz CT molecular complexity index is 540. The predicted octanol–water partition coefficient (Wildman–Crippen LogP) is 3.92. The van der Waals surface area contributed by atoms with Crippen LogP contribution < -0.4 is 15.4 Å². The largest absolute Gasteiger partial charge is 0.493 e. The van der Waals surface area contributed by atoms with Crippen LogP contribution in [0.15, 0.2) is 54.6 Å². The van der Waals surface area contributed by atoms with Gasteiger partial charge in [0, 0.05) is 31.4 Å². The van der Waals surface area contributed by atoms with Gasteiger partial charge in [-0.2, -0.15) is 0 Å². The summed E-state index contributed by atoms with van der Waals surface area (Å²) in [6.45, 7) is 7.77. The molecule has 0 aliphatic carbocycles. The molecule has 0 aliphatic rings. The third-order valence-corrected chi connectivity index (χ3v) is 3.22. The van der Waals surface area contributed by atoms with E-state index in [1.807, 2.05) is 18.2 Å². The molecular formula is C19H26N2O. The maximum atomic E-state index is 5.74. The quantitative estimate of drug-likeness (QED) is 0.688. The van der Waals surface area contributed by atoms with Gasteiger partial charge in [-0.3, -0.25) is 0 Å². The molecule has 0 aliphatic heterocycles. The first-order chi connectivity index (χ1) is 10.7. The van der Waals surface area contributed by atoms with E-state index >= 15 is 0 Å². The first kappa shape index (κ1) is 16.4. The summed E-state index contributed by atoms with van der Waals surface area (Å²) in [5.74, 6) is 1.47. The van der Waals surface area contributed by atoms with E-state index in [1.54, 1.807) is 0 Å². The Morgan fingerprint density at radius 2 is 1.77 bits per heavy atom. The zero-order chi connectivity index (χ0) is 15.6. The maximum absolute atomic E-state index is 5.74. The van der Waals surface area contributed by atoms with Gasteiger partial charge < -0.3 is 15.4 Å². The minimum atomic E-state index is 0.541. The maximum Gasteiger partial charge on any atom is 0.121 e. The molecule has 22 heavy (non-hydrogen) atoms. The normalized spacial score (nSPS) is 10.7. The number of ether oxygens (including phenoxy) is 1. The average Bonchev–Trinajstić information content (AvgIpc) is 2.54. The fourth-order valence-electron chi connectivity index (χ4n) is 2.08. The number of benzene rings is 2. The molecule has 2 N–H and O–H groups in total. The Balaban J connectivity index is 1.67. The van der Waals surface area contributed by atoms with Crippen molar-refractivity contribution < 1.29 is 4.74 Å². The van der Waals surface area contributed by atoms with Crippen molar-refractivity contribution in [2.75, 3.05) is 25.0 Å². The Morgan fingerprint density at radius 3 is 2.55 bits per heavy atom. The van der Waals surface area contributed by atoms with Gasteiger partial charge in [-0.25, -0.2) is 0 Å². The van der Waals surface area contributed by atoms with Crippen molar-refractivity contribution in [3.8, 4) is 5.75 Å². The van der Waals surface area contributed by atoms with Crippen LogP contribution in [0.3, 0.4) is 0 Å². The smallest absolute Gasteiger partial charge is 0.121 e. The molecule has 0 aromatic heterocycles. The molecule has 118 valence electrons. The summed E-state index contributed by atoms with van der Waals surface area (Å²) in [7, 11) is 0. The molecule has 2 rings (SSSR count). The molecule has 0 fully saturated rings. The summed E-state index contributed by atoms with van der Waals surface area (Å²) in [4.78, 5) is 0. The molecule has 0 saturated heterocycles. The summed E-state index contributed by atoms with van der Waals surface area (Å²) in [6, 6.07) is 18.6. The SMILES string of the molecule is CC(C)COc1cccc(NCCNCc2ccccc2)c1. The fourth-order valence-corrected chi connectivity index (χ4v) is 2.08. The monoisotopic (exact) mass is 298 g/mol. The highest BCUT2D eigenvalue weighted by atomic mass is 16.5. The molecule has 0 saturated carbocycles. The molecule has 0 amide bonds. The molecule has 0 unspecified atom stereocenters. The van der Waals surface area contributed by atoms with E-state index in [9.17, 15) is 0 Å². The number of anilines is 1. The third kappa shape index (κ3) is 6.19. The van der Waals surface area contributed by atoms with Gasteiger partial charge in [0.1, 0.15) is 5.75 Å². The Hall–Kier alpha value is -2.00. The van der Waals surface area contributed by atoms with Crippen LogP contribution in [0.4, 0.5) is 5.69 Å². The van der Waals surface area contributed by atoms with E-state index in [1.165, 1.54) is 5.56 Å². The van der Waals surface area contributed by atoms with Crippen molar-refractivity contribution in [3.63, 3.8) is 0 Å². The fraction of sp³-hybridized carbons (Fsp3) is 0.368. The molecule has 0 atom stereocenters. The van der Waals surface area contributed by atoms with Crippen molar-refractivity contribution in [1.29, 1.82) is 0 Å². The molecule has 0 bridgehead atoms. The van der Waals surface area contributed by atoms with E-state index in [0.717, 1.165) is 37.7 Å². The number of rotatable bonds is 9. The van der Waals surface area contributed by atoms with Crippen molar-refractivity contribution in [2.45, 2.75) is 20.4 Å². The van der Waals surface area contributed by atoms with Crippen LogP contribution in [0.1, 0.15) is 19.4 Å². The molecule has 2 aromatic rings. The molecule has 3 heteroatoms. The van der Waals surface area contributed by atoms with E-state index in [0.29, 0.717) is 5.92 Å². The summed E-state index contributed by atoms with van der Waals surface area (Å²) in [5.41, 5.74) is 2.41. The van der Waals surface area contributed by atoms with Crippen molar-refractivity contribution in [3.05, 3.63) is 60.2 Å². The van der Waals surface area contributed by atoms with Crippen LogP contribution in [-0.2, 0) is 6.54 Å². The Labute approximate surface area is 133 Å². The number of hydrogen-bond acceptors (Lipinski definition) is 3. The van der Waals surface area contributed by atoms with Crippen molar-refractivity contribution in [2.24, 2.45) is 5.92 Å². The third-order valence-electron chi connectivity index (χ3n) is 3.22. The second-order valence-electron chi connectivity index (χ2n) is 5.82. The first-order valence-corrected chi connectivity index (χ1v) is 7.95. The van der Waals surface area contributed by atoms with Crippen LogP contribution in [0, 0.1) is 5.92 Å². The zero-order valence-electron chi connectivity index (χ0n) is 13.5. The molecule has 0 heterocycles. The second kappa shape index (κ2) is 9.11. The number of hydrogen-bond donors (Lipinski definition) is 2. The van der Waals surface area contributed by atoms with Gasteiger partial charge in [0.25, 0.3) is 0 Å². The van der Waals surface area contributed by atoms with Gasteiger partial charge in [-0.1, -0.05) is 50.2 Å². The highest BCUT2D eigenvalue weighted by Gasteiger charge is 1.99. The zero-order valence-corrected chi connectivity index (χ0v) is 13.5. The molecule has 0 radical (unpaired) electrons. The minimum Gasteiger partial charge on any atom is -0.493 e. The van der Waals surface area contributed by atoms with Crippen LogP contribution in [0.25, 0.3) is 0 Å². The average molecular weight is 298 g/mol. The lowest BCUT2D eigenvalue weighted by atomic mass is 10.2. The topological polar surface area (TPSA) is 33.3 Å². The molecule has 2 aromatic carbocycles. The lowest BCUT2D eigenvalue weighted by molar-refractivity contribution is 0.271. The summed E-state index contributed by atoms with van der Waals surface area (Å²) in [5, 5.41) is 6.85. The van der Waals surface area contributed by atoms with Crippen molar-refractivity contribution >= 4 is 5.69 Å². The molecular weight excluding hydrogens is 272 g/mol. The highest BCUT2D eigenvalue weighted by Crippen LogP contribution is 2.17. The van der Waals surface area contributed by atoms with Crippen LogP contribution in [-0.4, -0.2) is 19.7 Å². The van der Waals surface area contributed by atoms with Gasteiger partial charge in [0.05, 0.1) is 6.61 Å². The van der Waals surface area contributed by atoms with Gasteiger partial charge in [-0.05, 0) is 23.6 Å². The van der Waals surface area contributed by atoms with Gasteiger partial charge >= 0.3 is 0 Å².